The van der Waals surface area contributed by atoms with Crippen molar-refractivity contribution in [2.45, 2.75) is 160 Å². The van der Waals surface area contributed by atoms with Gasteiger partial charge in [-0.2, -0.15) is 0 Å². The number of rotatable bonds is 4. The first-order chi connectivity index (χ1) is 34.1. The van der Waals surface area contributed by atoms with Crippen molar-refractivity contribution < 1.29 is 0 Å². The first-order valence-corrected chi connectivity index (χ1v) is 30.9. The average Bonchev–Trinajstić information content (AvgIpc) is 3.70. The quantitative estimate of drug-likeness (QED) is 0.163. The largest absolute Gasteiger partial charge is 0.335 e. The molecule has 6 aliphatic rings. The summed E-state index contributed by atoms with van der Waals surface area (Å²) in [6.07, 6.45) is 7.07. The van der Waals surface area contributed by atoms with Crippen molar-refractivity contribution in [2.24, 2.45) is 0 Å². The average molecular weight is 960 g/mol. The van der Waals surface area contributed by atoms with Crippen LogP contribution in [0.4, 0.5) is 39.8 Å². The molecule has 0 N–H and O–H groups in total. The molecule has 0 radical (unpaired) electrons. The molecule has 2 aliphatic carbocycles. The molecule has 5 heteroatoms. The highest BCUT2D eigenvalue weighted by Crippen LogP contribution is 2.66. The Morgan fingerprint density at radius 1 is 0.514 bits per heavy atom. The topological polar surface area (TPSA) is 9.72 Å². The normalized spacial score (nSPS) is 24.5. The molecular formula is C67H74BN3Si. The molecule has 0 bridgehead atoms. The molecule has 4 unspecified atom stereocenters. The number of hydrogen-bond donors (Lipinski definition) is 0. The van der Waals surface area contributed by atoms with Gasteiger partial charge in [-0.05, 0) is 142 Å². The van der Waals surface area contributed by atoms with Gasteiger partial charge in [-0.25, -0.2) is 0 Å². The smallest absolute Gasteiger partial charge is 0.252 e. The Kier molecular flexibility index (Phi) is 9.55. The lowest BCUT2D eigenvalue weighted by Crippen LogP contribution is -2.65. The molecule has 1 saturated carbocycles. The SMILES string of the molecule is CC(C)(C)c1ccc2c(c1)B1c3cc([Si](C)(C)C)cc4c3N(c3cc(N5c6ccccc6C6(C)CCc7ccccc7C56C)cc(c31)N2c1ccc(C(C)(C)C)cc1-c1ccccc1)C1(C)CCCCC41C. The van der Waals surface area contributed by atoms with Crippen molar-refractivity contribution in [1.29, 1.82) is 0 Å². The minimum absolute atomic E-state index is 0.00643. The highest BCUT2D eigenvalue weighted by atomic mass is 28.3. The Morgan fingerprint density at radius 3 is 1.88 bits per heavy atom. The lowest BCUT2D eigenvalue weighted by molar-refractivity contribution is 0.195. The van der Waals surface area contributed by atoms with E-state index in [1.54, 1.807) is 10.8 Å². The lowest BCUT2D eigenvalue weighted by atomic mass is 9.33. The highest BCUT2D eigenvalue weighted by molar-refractivity contribution is 7.01. The van der Waals surface area contributed by atoms with E-state index in [0.717, 1.165) is 12.8 Å². The summed E-state index contributed by atoms with van der Waals surface area (Å²) >= 11 is 0. The fourth-order valence-electron chi connectivity index (χ4n) is 15.3. The van der Waals surface area contributed by atoms with E-state index in [1.165, 1.54) is 121 Å². The van der Waals surface area contributed by atoms with E-state index in [2.05, 4.69) is 243 Å². The molecule has 7 aromatic carbocycles. The first-order valence-electron chi connectivity index (χ1n) is 27.4. The van der Waals surface area contributed by atoms with E-state index >= 15 is 0 Å². The minimum Gasteiger partial charge on any atom is -0.335 e. The van der Waals surface area contributed by atoms with Crippen molar-refractivity contribution in [3.63, 3.8) is 0 Å². The van der Waals surface area contributed by atoms with Crippen LogP contribution >= 0.6 is 0 Å². The summed E-state index contributed by atoms with van der Waals surface area (Å²) in [6.45, 7) is 32.5. The third-order valence-electron chi connectivity index (χ3n) is 19.9. The van der Waals surface area contributed by atoms with Crippen LogP contribution in [0.2, 0.25) is 19.6 Å². The summed E-state index contributed by atoms with van der Waals surface area (Å²) in [5.74, 6) is 0. The zero-order valence-corrected chi connectivity index (χ0v) is 46.4. The van der Waals surface area contributed by atoms with E-state index in [0.29, 0.717) is 0 Å². The van der Waals surface area contributed by atoms with Gasteiger partial charge in [-0.3, -0.25) is 0 Å². The van der Waals surface area contributed by atoms with E-state index in [4.69, 9.17) is 0 Å². The second kappa shape index (κ2) is 14.9. The van der Waals surface area contributed by atoms with Gasteiger partial charge in [-0.15, -0.1) is 0 Å². The molecule has 13 rings (SSSR count). The van der Waals surface area contributed by atoms with E-state index < -0.39 is 8.07 Å². The van der Waals surface area contributed by atoms with Crippen LogP contribution in [0.5, 0.6) is 0 Å². The second-order valence-corrected chi connectivity index (χ2v) is 31.9. The van der Waals surface area contributed by atoms with Crippen LogP contribution in [0.1, 0.15) is 135 Å². The van der Waals surface area contributed by atoms with Crippen molar-refractivity contribution in [1.82, 2.24) is 0 Å². The van der Waals surface area contributed by atoms with Gasteiger partial charge in [-0.1, -0.05) is 196 Å². The van der Waals surface area contributed by atoms with Gasteiger partial charge < -0.3 is 14.7 Å². The summed E-state index contributed by atoms with van der Waals surface area (Å²) < 4.78 is 0. The van der Waals surface area contributed by atoms with Gasteiger partial charge in [0.15, 0.2) is 0 Å². The Labute approximate surface area is 432 Å². The molecule has 72 heavy (non-hydrogen) atoms. The summed E-state index contributed by atoms with van der Waals surface area (Å²) in [7, 11) is -1.79. The Bertz CT molecular complexity index is 3430. The van der Waals surface area contributed by atoms with Crippen LogP contribution in [-0.4, -0.2) is 20.3 Å². The number of para-hydroxylation sites is 1. The molecule has 3 nitrogen and oxygen atoms in total. The van der Waals surface area contributed by atoms with Crippen LogP contribution in [0.3, 0.4) is 0 Å². The number of nitrogens with zero attached hydrogens (tertiary/aromatic N) is 3. The molecule has 4 heterocycles. The Hall–Kier alpha value is -5.78. The molecule has 364 valence electrons. The number of fused-ring (bicyclic) bond motifs is 12. The van der Waals surface area contributed by atoms with Crippen LogP contribution in [0.15, 0.2) is 140 Å². The van der Waals surface area contributed by atoms with Gasteiger partial charge in [0.05, 0.1) is 24.8 Å². The fourth-order valence-corrected chi connectivity index (χ4v) is 16.5. The molecule has 7 aromatic rings. The van der Waals surface area contributed by atoms with Crippen LogP contribution in [0.25, 0.3) is 11.1 Å². The third-order valence-corrected chi connectivity index (χ3v) is 21.9. The summed E-state index contributed by atoms with van der Waals surface area (Å²) in [5, 5.41) is 1.59. The van der Waals surface area contributed by atoms with Crippen molar-refractivity contribution in [3.8, 4) is 11.1 Å². The van der Waals surface area contributed by atoms with Gasteiger partial charge >= 0.3 is 0 Å². The highest BCUT2D eigenvalue weighted by Gasteiger charge is 2.63. The van der Waals surface area contributed by atoms with E-state index in [9.17, 15) is 0 Å². The first kappa shape index (κ1) is 46.0. The minimum atomic E-state index is -1.79. The lowest BCUT2D eigenvalue weighted by Gasteiger charge is -2.54. The molecule has 0 spiro atoms. The number of aryl methyl sites for hydroxylation is 1. The molecule has 0 saturated heterocycles. The number of hydrogen-bond acceptors (Lipinski definition) is 3. The maximum atomic E-state index is 2.97. The number of benzene rings is 7. The molecule has 0 amide bonds. The Balaban J connectivity index is 1.20. The van der Waals surface area contributed by atoms with Crippen LogP contribution < -0.4 is 36.3 Å². The van der Waals surface area contributed by atoms with Crippen molar-refractivity contribution >= 4 is 76.2 Å². The maximum absolute atomic E-state index is 2.97. The second-order valence-electron chi connectivity index (χ2n) is 26.8. The number of anilines is 7. The van der Waals surface area contributed by atoms with Gasteiger partial charge in [0, 0.05) is 50.5 Å². The van der Waals surface area contributed by atoms with E-state index in [-0.39, 0.29) is 39.5 Å². The summed E-state index contributed by atoms with van der Waals surface area (Å²) in [5.41, 5.74) is 24.4. The Morgan fingerprint density at radius 2 is 1.15 bits per heavy atom. The fraction of sp³-hybridized carbons (Fsp3) is 0.373. The zero-order valence-electron chi connectivity index (χ0n) is 45.4. The molecule has 0 aromatic heterocycles. The van der Waals surface area contributed by atoms with Gasteiger partial charge in [0.1, 0.15) is 0 Å². The third kappa shape index (κ3) is 5.98. The molecule has 4 atom stereocenters. The zero-order chi connectivity index (χ0) is 50.3. The summed E-state index contributed by atoms with van der Waals surface area (Å²) in [6, 6.07) is 55.9. The van der Waals surface area contributed by atoms with Gasteiger partial charge in [0.25, 0.3) is 6.71 Å². The monoisotopic (exact) mass is 960 g/mol. The van der Waals surface area contributed by atoms with Crippen molar-refractivity contribution in [3.05, 3.63) is 173 Å². The van der Waals surface area contributed by atoms with E-state index in [1.807, 2.05) is 0 Å². The van der Waals surface area contributed by atoms with Crippen LogP contribution in [-0.2, 0) is 33.6 Å². The van der Waals surface area contributed by atoms with Gasteiger partial charge in [0.2, 0.25) is 0 Å². The molecule has 4 aliphatic heterocycles. The molecular weight excluding hydrogens is 886 g/mol. The summed E-state index contributed by atoms with van der Waals surface area (Å²) in [4.78, 5) is 8.53. The maximum Gasteiger partial charge on any atom is 0.252 e. The van der Waals surface area contributed by atoms with Crippen molar-refractivity contribution in [2.75, 3.05) is 14.7 Å². The standard InChI is InChI=1S/C67H74BN3Si/c1-62(2,3)45-29-31-55(49(37-45)43-23-15-14-16-24-43)69-57-32-30-46(63(4,5)6)38-53(57)68-54-42-48(72(11,12)13)41-52-61(54)71(66(9)35-22-21-34-64(52,66)7)59-40-47(39-58(69)60(59)68)70-56-28-20-19-27-51(56)65(8)36-33-44-25-17-18-26-50(44)67(65,70)10/h14-20,23-32,37-42H,21-22,33-36H2,1-13H3. The molecule has 1 fully saturated rings. The predicted octanol–water partition coefficient (Wildman–Crippen LogP) is 15.1. The predicted molar refractivity (Wildman–Crippen MR) is 312 cm³/mol. The van der Waals surface area contributed by atoms with Crippen LogP contribution in [0, 0.1) is 0 Å².